The summed E-state index contributed by atoms with van der Waals surface area (Å²) >= 11 is 0. The van der Waals surface area contributed by atoms with Crippen molar-refractivity contribution in [2.75, 3.05) is 13.1 Å². The van der Waals surface area contributed by atoms with Crippen LogP contribution >= 0.6 is 0 Å². The Morgan fingerprint density at radius 3 is 2.76 bits per heavy atom. The summed E-state index contributed by atoms with van der Waals surface area (Å²) in [4.78, 5) is 4.35. The molecule has 96 valence electrons. The number of imidazole rings is 1. The molecule has 1 saturated carbocycles. The second-order valence-corrected chi connectivity index (χ2v) is 5.44. The van der Waals surface area contributed by atoms with E-state index in [4.69, 9.17) is 0 Å². The molecule has 1 aliphatic carbocycles. The SMILES string of the molecule is CCC1(CNCCc2nccn2C)CCCC1. The molecule has 1 N–H and O–H groups in total. The lowest BCUT2D eigenvalue weighted by molar-refractivity contribution is 0.269. The summed E-state index contributed by atoms with van der Waals surface area (Å²) in [6, 6.07) is 0. The Balaban J connectivity index is 1.71. The fourth-order valence-corrected chi connectivity index (χ4v) is 2.97. The summed E-state index contributed by atoms with van der Waals surface area (Å²) in [7, 11) is 2.06. The lowest BCUT2D eigenvalue weighted by Gasteiger charge is -2.27. The van der Waals surface area contributed by atoms with Gasteiger partial charge in [-0.1, -0.05) is 19.8 Å². The van der Waals surface area contributed by atoms with Crippen molar-refractivity contribution in [3.63, 3.8) is 0 Å². The zero-order valence-corrected chi connectivity index (χ0v) is 11.2. The monoisotopic (exact) mass is 235 g/mol. The summed E-state index contributed by atoms with van der Waals surface area (Å²) in [5.41, 5.74) is 0.599. The van der Waals surface area contributed by atoms with Crippen molar-refractivity contribution in [1.29, 1.82) is 0 Å². The van der Waals surface area contributed by atoms with Gasteiger partial charge in [-0.3, -0.25) is 0 Å². The predicted molar refractivity (Wildman–Crippen MR) is 71.0 cm³/mol. The lowest BCUT2D eigenvalue weighted by atomic mass is 9.83. The third-order valence-corrected chi connectivity index (χ3v) is 4.36. The molecule has 1 aliphatic rings. The molecule has 0 radical (unpaired) electrons. The van der Waals surface area contributed by atoms with Crippen molar-refractivity contribution in [2.45, 2.75) is 45.4 Å². The molecule has 0 bridgehead atoms. The highest BCUT2D eigenvalue weighted by Gasteiger charge is 2.31. The number of nitrogens with zero attached hydrogens (tertiary/aromatic N) is 2. The van der Waals surface area contributed by atoms with Crippen molar-refractivity contribution in [3.05, 3.63) is 18.2 Å². The van der Waals surface area contributed by atoms with E-state index in [2.05, 4.69) is 28.8 Å². The maximum absolute atomic E-state index is 4.35. The molecule has 17 heavy (non-hydrogen) atoms. The van der Waals surface area contributed by atoms with Crippen LogP contribution in [0, 0.1) is 5.41 Å². The van der Waals surface area contributed by atoms with Gasteiger partial charge in [0.05, 0.1) is 0 Å². The molecule has 1 heterocycles. The number of aryl methyl sites for hydroxylation is 1. The van der Waals surface area contributed by atoms with Crippen LogP contribution in [0.3, 0.4) is 0 Å². The van der Waals surface area contributed by atoms with Crippen molar-refractivity contribution >= 4 is 0 Å². The molecular weight excluding hydrogens is 210 g/mol. The molecule has 0 spiro atoms. The van der Waals surface area contributed by atoms with Crippen LogP contribution in [-0.2, 0) is 13.5 Å². The second kappa shape index (κ2) is 5.67. The van der Waals surface area contributed by atoms with Crippen molar-refractivity contribution in [2.24, 2.45) is 12.5 Å². The van der Waals surface area contributed by atoms with E-state index in [9.17, 15) is 0 Å². The Hall–Kier alpha value is -0.830. The quantitative estimate of drug-likeness (QED) is 0.768. The van der Waals surface area contributed by atoms with E-state index in [1.54, 1.807) is 0 Å². The fourth-order valence-electron chi connectivity index (χ4n) is 2.97. The molecule has 0 atom stereocenters. The molecule has 3 nitrogen and oxygen atoms in total. The number of aromatic nitrogens is 2. The third-order valence-electron chi connectivity index (χ3n) is 4.36. The zero-order valence-electron chi connectivity index (χ0n) is 11.2. The highest BCUT2D eigenvalue weighted by molar-refractivity contribution is 4.92. The van der Waals surface area contributed by atoms with Gasteiger partial charge in [0.1, 0.15) is 5.82 Å². The van der Waals surface area contributed by atoms with Gasteiger partial charge in [0.25, 0.3) is 0 Å². The minimum Gasteiger partial charge on any atom is -0.338 e. The molecule has 1 aromatic rings. The Kier molecular flexibility index (Phi) is 4.21. The van der Waals surface area contributed by atoms with E-state index in [-0.39, 0.29) is 0 Å². The van der Waals surface area contributed by atoms with Crippen LogP contribution in [0.2, 0.25) is 0 Å². The second-order valence-electron chi connectivity index (χ2n) is 5.44. The number of rotatable bonds is 6. The Bertz CT molecular complexity index is 337. The minimum absolute atomic E-state index is 0.599. The molecule has 0 aromatic carbocycles. The van der Waals surface area contributed by atoms with Crippen LogP contribution in [0.15, 0.2) is 12.4 Å². The predicted octanol–water partition coefficient (Wildman–Crippen LogP) is 2.52. The van der Waals surface area contributed by atoms with Gasteiger partial charge in [-0.15, -0.1) is 0 Å². The number of nitrogens with one attached hydrogen (secondary N) is 1. The Morgan fingerprint density at radius 2 is 2.18 bits per heavy atom. The van der Waals surface area contributed by atoms with Crippen LogP contribution in [0.25, 0.3) is 0 Å². The van der Waals surface area contributed by atoms with E-state index in [0.717, 1.165) is 13.0 Å². The normalized spacial score (nSPS) is 18.7. The standard InChI is InChI=1S/C14H25N3/c1-3-14(7-4-5-8-14)12-15-9-6-13-16-10-11-17(13)2/h10-11,15H,3-9,12H2,1-2H3. The zero-order chi connectivity index (χ0) is 12.1. The highest BCUT2D eigenvalue weighted by atomic mass is 15.0. The molecule has 1 fully saturated rings. The third kappa shape index (κ3) is 3.09. The Labute approximate surface area is 105 Å². The highest BCUT2D eigenvalue weighted by Crippen LogP contribution is 2.40. The minimum atomic E-state index is 0.599. The van der Waals surface area contributed by atoms with Crippen LogP contribution < -0.4 is 5.32 Å². The lowest BCUT2D eigenvalue weighted by Crippen LogP contribution is -2.33. The van der Waals surface area contributed by atoms with Crippen LogP contribution in [0.1, 0.15) is 44.9 Å². The summed E-state index contributed by atoms with van der Waals surface area (Å²) in [5, 5.41) is 3.63. The van der Waals surface area contributed by atoms with Gasteiger partial charge in [-0.25, -0.2) is 4.98 Å². The van der Waals surface area contributed by atoms with Crippen molar-refractivity contribution < 1.29 is 0 Å². The van der Waals surface area contributed by atoms with E-state index in [1.165, 1.54) is 44.5 Å². The molecule has 0 saturated heterocycles. The molecule has 2 rings (SSSR count). The summed E-state index contributed by atoms with van der Waals surface area (Å²) in [5.74, 6) is 1.18. The van der Waals surface area contributed by atoms with Gasteiger partial charge in [0, 0.05) is 39.0 Å². The summed E-state index contributed by atoms with van der Waals surface area (Å²) in [6.45, 7) is 4.58. The van der Waals surface area contributed by atoms with Gasteiger partial charge in [0.15, 0.2) is 0 Å². The van der Waals surface area contributed by atoms with Gasteiger partial charge in [0.2, 0.25) is 0 Å². The summed E-state index contributed by atoms with van der Waals surface area (Å²) < 4.78 is 2.10. The van der Waals surface area contributed by atoms with E-state index >= 15 is 0 Å². The van der Waals surface area contributed by atoms with Crippen molar-refractivity contribution in [1.82, 2.24) is 14.9 Å². The van der Waals surface area contributed by atoms with Crippen LogP contribution in [-0.4, -0.2) is 22.6 Å². The molecule has 1 aromatic heterocycles. The number of hydrogen-bond donors (Lipinski definition) is 1. The summed E-state index contributed by atoms with van der Waals surface area (Å²) in [6.07, 6.45) is 11.9. The smallest absolute Gasteiger partial charge is 0.109 e. The van der Waals surface area contributed by atoms with E-state index < -0.39 is 0 Å². The molecular formula is C14H25N3. The first-order valence-corrected chi connectivity index (χ1v) is 6.93. The Morgan fingerprint density at radius 1 is 1.41 bits per heavy atom. The van der Waals surface area contributed by atoms with Gasteiger partial charge < -0.3 is 9.88 Å². The average molecular weight is 235 g/mol. The van der Waals surface area contributed by atoms with Crippen molar-refractivity contribution in [3.8, 4) is 0 Å². The molecule has 3 heteroatoms. The first-order valence-electron chi connectivity index (χ1n) is 6.93. The fraction of sp³-hybridized carbons (Fsp3) is 0.786. The topological polar surface area (TPSA) is 29.9 Å². The van der Waals surface area contributed by atoms with Gasteiger partial charge >= 0.3 is 0 Å². The van der Waals surface area contributed by atoms with E-state index in [1.807, 2.05) is 12.4 Å². The van der Waals surface area contributed by atoms with Gasteiger partial charge in [-0.2, -0.15) is 0 Å². The largest absolute Gasteiger partial charge is 0.338 e. The molecule has 0 amide bonds. The number of hydrogen-bond acceptors (Lipinski definition) is 2. The maximum Gasteiger partial charge on any atom is 0.109 e. The first kappa shape index (κ1) is 12.6. The molecule has 0 unspecified atom stereocenters. The first-order chi connectivity index (χ1) is 8.26. The van der Waals surface area contributed by atoms with Crippen LogP contribution in [0.4, 0.5) is 0 Å². The molecule has 0 aliphatic heterocycles. The van der Waals surface area contributed by atoms with E-state index in [0.29, 0.717) is 5.41 Å². The van der Waals surface area contributed by atoms with Gasteiger partial charge in [-0.05, 0) is 24.7 Å². The van der Waals surface area contributed by atoms with Crippen LogP contribution in [0.5, 0.6) is 0 Å². The maximum atomic E-state index is 4.35. The average Bonchev–Trinajstić information content (AvgIpc) is 2.95.